The molecule has 0 aliphatic rings. The van der Waals surface area contributed by atoms with Crippen LogP contribution in [0.25, 0.3) is 22.0 Å². The van der Waals surface area contributed by atoms with Gasteiger partial charge in [0.15, 0.2) is 0 Å². The number of carboxylic acid groups (broad SMARTS) is 1. The molecule has 5 aromatic carbocycles. The van der Waals surface area contributed by atoms with Gasteiger partial charge in [-0.15, -0.1) is 0 Å². The summed E-state index contributed by atoms with van der Waals surface area (Å²) in [5.74, 6) is -0.633. The van der Waals surface area contributed by atoms with Crippen molar-refractivity contribution in [3.63, 3.8) is 0 Å². The number of carbonyl (C=O) groups excluding carboxylic acids is 1. The summed E-state index contributed by atoms with van der Waals surface area (Å²) in [5, 5.41) is 14.0. The first kappa shape index (κ1) is 31.6. The third-order valence-corrected chi connectivity index (χ3v) is 9.23. The van der Waals surface area contributed by atoms with Gasteiger partial charge >= 0.3 is 5.97 Å². The standard InChI is InChI=1S/C42H40N2O3/c1-27(2)33-13-10-14-34(24-33)39(23-30-11-6-5-7-12-30)43-41(45)35-21-22-40-38(25-35)28(3)29(4)44(40)26-31-17-19-32(20-18-31)36-15-8-9-16-37(36)42(46)47/h5-22,24-25,27,39H,23,26H2,1-4H3,(H,43,45)(H,46,47). The predicted octanol–water partition coefficient (Wildman–Crippen LogP) is 9.51. The zero-order chi connectivity index (χ0) is 33.1. The quantitative estimate of drug-likeness (QED) is 0.160. The lowest BCUT2D eigenvalue weighted by Crippen LogP contribution is -2.30. The number of nitrogens with zero attached hydrogens (tertiary/aromatic N) is 1. The normalized spacial score (nSPS) is 11.9. The first-order valence-electron chi connectivity index (χ1n) is 16.2. The van der Waals surface area contributed by atoms with Crippen LogP contribution >= 0.6 is 0 Å². The van der Waals surface area contributed by atoms with Gasteiger partial charge in [0.05, 0.1) is 11.6 Å². The Morgan fingerprint density at radius 3 is 2.17 bits per heavy atom. The maximum absolute atomic E-state index is 13.8. The van der Waals surface area contributed by atoms with Gasteiger partial charge in [0.25, 0.3) is 5.91 Å². The number of hydrogen-bond donors (Lipinski definition) is 2. The SMILES string of the molecule is Cc1c(C)n(Cc2ccc(-c3ccccc3C(=O)O)cc2)c2ccc(C(=O)NC(Cc3ccccc3)c3cccc(C(C)C)c3)cc12. The van der Waals surface area contributed by atoms with E-state index in [2.05, 4.69) is 86.1 Å². The largest absolute Gasteiger partial charge is 0.478 e. The molecule has 0 bridgehead atoms. The van der Waals surface area contributed by atoms with Crippen LogP contribution in [-0.2, 0) is 13.0 Å². The van der Waals surface area contributed by atoms with Crippen molar-refractivity contribution in [2.24, 2.45) is 0 Å². The molecule has 5 nitrogen and oxygen atoms in total. The van der Waals surface area contributed by atoms with Gasteiger partial charge in [-0.2, -0.15) is 0 Å². The van der Waals surface area contributed by atoms with Crippen LogP contribution in [0.2, 0.25) is 0 Å². The fourth-order valence-electron chi connectivity index (χ4n) is 6.37. The minimum atomic E-state index is -0.935. The fraction of sp³-hybridized carbons (Fsp3) is 0.190. The molecule has 0 radical (unpaired) electrons. The van der Waals surface area contributed by atoms with Gasteiger partial charge < -0.3 is 15.0 Å². The third kappa shape index (κ3) is 6.75. The second kappa shape index (κ2) is 13.5. The Labute approximate surface area is 276 Å². The number of benzene rings is 5. The van der Waals surface area contributed by atoms with Gasteiger partial charge in [0.1, 0.15) is 0 Å². The summed E-state index contributed by atoms with van der Waals surface area (Å²) in [6.07, 6.45) is 0.700. The first-order valence-corrected chi connectivity index (χ1v) is 16.2. The molecule has 0 fully saturated rings. The molecule has 0 saturated heterocycles. The Bertz CT molecular complexity index is 2060. The molecule has 0 aliphatic heterocycles. The van der Waals surface area contributed by atoms with Crippen molar-refractivity contribution < 1.29 is 14.7 Å². The summed E-state index contributed by atoms with van der Waals surface area (Å²) < 4.78 is 2.28. The molecule has 0 spiro atoms. The van der Waals surface area contributed by atoms with E-state index in [1.54, 1.807) is 12.1 Å². The highest BCUT2D eigenvalue weighted by atomic mass is 16.4. The predicted molar refractivity (Wildman–Crippen MR) is 190 cm³/mol. The molecule has 2 N–H and O–H groups in total. The summed E-state index contributed by atoms with van der Waals surface area (Å²) in [5.41, 5.74) is 10.5. The molecule has 1 aromatic heterocycles. The number of aromatic carboxylic acids is 1. The Kier molecular flexibility index (Phi) is 9.08. The Hall–Kier alpha value is -5.42. The van der Waals surface area contributed by atoms with E-state index in [1.165, 1.54) is 11.1 Å². The Morgan fingerprint density at radius 1 is 0.745 bits per heavy atom. The van der Waals surface area contributed by atoms with Gasteiger partial charge in [0.2, 0.25) is 0 Å². The van der Waals surface area contributed by atoms with Crippen LogP contribution in [0.15, 0.2) is 121 Å². The zero-order valence-corrected chi connectivity index (χ0v) is 27.3. The number of aryl methyl sites for hydroxylation is 1. The van der Waals surface area contributed by atoms with Crippen LogP contribution in [0.5, 0.6) is 0 Å². The lowest BCUT2D eigenvalue weighted by atomic mass is 9.94. The molecule has 1 atom stereocenters. The molecule has 1 amide bonds. The van der Waals surface area contributed by atoms with Crippen LogP contribution < -0.4 is 5.32 Å². The van der Waals surface area contributed by atoms with E-state index in [1.807, 2.05) is 60.7 Å². The van der Waals surface area contributed by atoms with Crippen LogP contribution in [0.1, 0.15) is 80.0 Å². The van der Waals surface area contributed by atoms with Gasteiger partial charge in [-0.25, -0.2) is 4.79 Å². The Balaban J connectivity index is 1.26. The molecule has 1 unspecified atom stereocenters. The number of carbonyl (C=O) groups is 2. The van der Waals surface area contributed by atoms with Crippen molar-refractivity contribution >= 4 is 22.8 Å². The number of rotatable bonds is 10. The molecule has 47 heavy (non-hydrogen) atoms. The van der Waals surface area contributed by atoms with E-state index < -0.39 is 5.97 Å². The van der Waals surface area contributed by atoms with E-state index in [0.29, 0.717) is 35.6 Å². The van der Waals surface area contributed by atoms with Crippen molar-refractivity contribution in [2.75, 3.05) is 0 Å². The summed E-state index contributed by atoms with van der Waals surface area (Å²) in [6.45, 7) is 9.26. The number of nitrogens with one attached hydrogen (secondary N) is 1. The number of amides is 1. The van der Waals surface area contributed by atoms with E-state index in [0.717, 1.165) is 38.9 Å². The smallest absolute Gasteiger partial charge is 0.336 e. The number of carboxylic acids is 1. The fourth-order valence-corrected chi connectivity index (χ4v) is 6.37. The number of hydrogen-bond acceptors (Lipinski definition) is 2. The van der Waals surface area contributed by atoms with Gasteiger partial charge in [-0.1, -0.05) is 111 Å². The zero-order valence-electron chi connectivity index (χ0n) is 27.3. The number of aromatic nitrogens is 1. The van der Waals surface area contributed by atoms with Crippen molar-refractivity contribution in [1.29, 1.82) is 0 Å². The summed E-state index contributed by atoms with van der Waals surface area (Å²) in [7, 11) is 0. The van der Waals surface area contributed by atoms with Crippen LogP contribution in [-0.4, -0.2) is 21.6 Å². The molecule has 6 aromatic rings. The highest BCUT2D eigenvalue weighted by Gasteiger charge is 2.20. The maximum atomic E-state index is 13.8. The third-order valence-electron chi connectivity index (χ3n) is 9.23. The maximum Gasteiger partial charge on any atom is 0.336 e. The molecule has 0 saturated carbocycles. The first-order chi connectivity index (χ1) is 22.7. The molecular weight excluding hydrogens is 580 g/mol. The van der Waals surface area contributed by atoms with E-state index >= 15 is 0 Å². The average Bonchev–Trinajstić information content (AvgIpc) is 3.32. The minimum Gasteiger partial charge on any atom is -0.478 e. The van der Waals surface area contributed by atoms with Crippen LogP contribution in [0.3, 0.4) is 0 Å². The molecule has 0 aliphatic carbocycles. The summed E-state index contributed by atoms with van der Waals surface area (Å²) in [4.78, 5) is 25.6. The molecule has 6 rings (SSSR count). The van der Waals surface area contributed by atoms with Crippen LogP contribution in [0.4, 0.5) is 0 Å². The lowest BCUT2D eigenvalue weighted by Gasteiger charge is -2.21. The minimum absolute atomic E-state index is 0.0928. The van der Waals surface area contributed by atoms with Crippen molar-refractivity contribution in [3.8, 4) is 11.1 Å². The van der Waals surface area contributed by atoms with Crippen molar-refractivity contribution in [2.45, 2.75) is 52.6 Å². The molecular formula is C42H40N2O3. The Morgan fingerprint density at radius 2 is 1.45 bits per heavy atom. The van der Waals surface area contributed by atoms with Gasteiger partial charge in [0, 0.05) is 28.7 Å². The van der Waals surface area contributed by atoms with Crippen molar-refractivity contribution in [1.82, 2.24) is 9.88 Å². The van der Waals surface area contributed by atoms with E-state index in [9.17, 15) is 14.7 Å². The van der Waals surface area contributed by atoms with Crippen LogP contribution in [0, 0.1) is 13.8 Å². The molecule has 1 heterocycles. The van der Waals surface area contributed by atoms with Gasteiger partial charge in [-0.3, -0.25) is 4.79 Å². The molecule has 236 valence electrons. The summed E-state index contributed by atoms with van der Waals surface area (Å²) >= 11 is 0. The van der Waals surface area contributed by atoms with Gasteiger partial charge in [-0.05, 0) is 89.4 Å². The van der Waals surface area contributed by atoms with E-state index in [-0.39, 0.29) is 11.9 Å². The average molecular weight is 621 g/mol. The highest BCUT2D eigenvalue weighted by Crippen LogP contribution is 2.30. The molecule has 5 heteroatoms. The highest BCUT2D eigenvalue weighted by molar-refractivity contribution is 5.99. The second-order valence-corrected chi connectivity index (χ2v) is 12.6. The summed E-state index contributed by atoms with van der Waals surface area (Å²) in [6, 6.07) is 39.8. The monoisotopic (exact) mass is 620 g/mol. The number of fused-ring (bicyclic) bond motifs is 1. The van der Waals surface area contributed by atoms with Crippen molar-refractivity contribution in [3.05, 3.63) is 166 Å². The second-order valence-electron chi connectivity index (χ2n) is 12.6. The van der Waals surface area contributed by atoms with E-state index in [4.69, 9.17) is 0 Å². The lowest BCUT2D eigenvalue weighted by molar-refractivity contribution is 0.0697. The topological polar surface area (TPSA) is 71.3 Å².